The molecule has 15 heavy (non-hydrogen) atoms. The Hall–Kier alpha value is -0.860. The summed E-state index contributed by atoms with van der Waals surface area (Å²) in [5, 5.41) is 3.48. The van der Waals surface area contributed by atoms with Gasteiger partial charge in [0.25, 0.3) is 0 Å². The third-order valence-electron chi connectivity index (χ3n) is 4.44. The van der Waals surface area contributed by atoms with Gasteiger partial charge < -0.3 is 11.1 Å². The summed E-state index contributed by atoms with van der Waals surface area (Å²) in [5.41, 5.74) is 8.21. The topological polar surface area (TPSA) is 38.0 Å². The van der Waals surface area contributed by atoms with Crippen molar-refractivity contribution in [2.75, 3.05) is 19.6 Å². The van der Waals surface area contributed by atoms with Crippen molar-refractivity contribution >= 4 is 0 Å². The summed E-state index contributed by atoms with van der Waals surface area (Å²) < 4.78 is 0. The van der Waals surface area contributed by atoms with Crippen LogP contribution in [0.3, 0.4) is 0 Å². The Morgan fingerprint density at radius 2 is 2.07 bits per heavy atom. The summed E-state index contributed by atoms with van der Waals surface area (Å²) in [6, 6.07) is 10.9. The SMILES string of the molecule is NC[C@@]12CNCC[C@]1(c1ccccc1)C2. The molecule has 3 N–H and O–H groups in total. The van der Waals surface area contributed by atoms with Gasteiger partial charge in [-0.15, -0.1) is 0 Å². The molecule has 2 heteroatoms. The van der Waals surface area contributed by atoms with Crippen LogP contribution in [0.5, 0.6) is 0 Å². The van der Waals surface area contributed by atoms with E-state index in [0.717, 1.165) is 19.6 Å². The first kappa shape index (κ1) is 9.37. The first-order valence-corrected chi connectivity index (χ1v) is 5.79. The van der Waals surface area contributed by atoms with Crippen molar-refractivity contribution in [1.82, 2.24) is 5.32 Å². The van der Waals surface area contributed by atoms with Crippen LogP contribution in [0.4, 0.5) is 0 Å². The van der Waals surface area contributed by atoms with Crippen molar-refractivity contribution < 1.29 is 0 Å². The predicted octanol–water partition coefficient (Wildman–Crippen LogP) is 1.27. The van der Waals surface area contributed by atoms with Crippen LogP contribution in [0.2, 0.25) is 0 Å². The fourth-order valence-corrected chi connectivity index (χ4v) is 3.40. The van der Waals surface area contributed by atoms with E-state index < -0.39 is 0 Å². The van der Waals surface area contributed by atoms with Crippen LogP contribution in [0.15, 0.2) is 30.3 Å². The van der Waals surface area contributed by atoms with E-state index in [0.29, 0.717) is 10.8 Å². The standard InChI is InChI=1S/C13H18N2/c14-9-12-8-13(12,6-7-15-10-12)11-4-2-1-3-5-11/h1-5,15H,6-10,14H2/t12-,13+/m0/s1. The van der Waals surface area contributed by atoms with Crippen molar-refractivity contribution in [2.24, 2.45) is 11.1 Å². The van der Waals surface area contributed by atoms with E-state index >= 15 is 0 Å². The number of hydrogen-bond donors (Lipinski definition) is 2. The van der Waals surface area contributed by atoms with Gasteiger partial charge >= 0.3 is 0 Å². The van der Waals surface area contributed by atoms with Crippen molar-refractivity contribution in [3.63, 3.8) is 0 Å². The molecule has 80 valence electrons. The number of hydrogen-bond acceptors (Lipinski definition) is 2. The van der Waals surface area contributed by atoms with E-state index in [4.69, 9.17) is 5.73 Å². The van der Waals surface area contributed by atoms with E-state index in [1.807, 2.05) is 0 Å². The Balaban J connectivity index is 1.99. The summed E-state index contributed by atoms with van der Waals surface area (Å²) in [6.45, 7) is 3.05. The molecular weight excluding hydrogens is 184 g/mol. The zero-order valence-electron chi connectivity index (χ0n) is 9.00. The molecule has 0 spiro atoms. The minimum absolute atomic E-state index is 0.354. The van der Waals surface area contributed by atoms with Gasteiger partial charge in [0.05, 0.1) is 0 Å². The molecule has 0 amide bonds. The van der Waals surface area contributed by atoms with Crippen LogP contribution >= 0.6 is 0 Å². The number of rotatable bonds is 2. The smallest absolute Gasteiger partial charge is 0.00564 e. The first-order valence-electron chi connectivity index (χ1n) is 5.79. The summed E-state index contributed by atoms with van der Waals surface area (Å²) in [6.07, 6.45) is 2.52. The fourth-order valence-electron chi connectivity index (χ4n) is 3.40. The Morgan fingerprint density at radius 1 is 1.27 bits per heavy atom. The normalized spacial score (nSPS) is 38.5. The van der Waals surface area contributed by atoms with Crippen molar-refractivity contribution in [2.45, 2.75) is 18.3 Å². The van der Waals surface area contributed by atoms with Crippen LogP contribution in [-0.2, 0) is 5.41 Å². The molecule has 1 aliphatic heterocycles. The maximum atomic E-state index is 5.96. The molecule has 2 fully saturated rings. The largest absolute Gasteiger partial charge is 0.330 e. The molecule has 1 heterocycles. The van der Waals surface area contributed by atoms with E-state index in [1.165, 1.54) is 18.4 Å². The van der Waals surface area contributed by atoms with Crippen molar-refractivity contribution in [1.29, 1.82) is 0 Å². The van der Waals surface area contributed by atoms with E-state index in [9.17, 15) is 0 Å². The molecule has 0 unspecified atom stereocenters. The van der Waals surface area contributed by atoms with Crippen molar-refractivity contribution in [3.8, 4) is 0 Å². The van der Waals surface area contributed by atoms with Gasteiger partial charge in [-0.2, -0.15) is 0 Å². The van der Waals surface area contributed by atoms with Crippen molar-refractivity contribution in [3.05, 3.63) is 35.9 Å². The highest BCUT2D eigenvalue weighted by Gasteiger charge is 2.67. The van der Waals surface area contributed by atoms with E-state index in [2.05, 4.69) is 35.6 Å². The highest BCUT2D eigenvalue weighted by Crippen LogP contribution is 2.66. The van der Waals surface area contributed by atoms with Crippen LogP contribution < -0.4 is 11.1 Å². The highest BCUT2D eigenvalue weighted by molar-refractivity contribution is 5.40. The Labute approximate surface area is 90.9 Å². The molecule has 1 saturated heterocycles. The lowest BCUT2D eigenvalue weighted by molar-refractivity contribution is 0.329. The zero-order valence-corrected chi connectivity index (χ0v) is 9.00. The van der Waals surface area contributed by atoms with Gasteiger partial charge in [-0.05, 0) is 24.9 Å². The number of fused-ring (bicyclic) bond motifs is 1. The average Bonchev–Trinajstić information content (AvgIpc) is 3.01. The maximum Gasteiger partial charge on any atom is 0.00564 e. The second-order valence-electron chi connectivity index (χ2n) is 5.04. The first-order chi connectivity index (χ1) is 7.33. The highest BCUT2D eigenvalue weighted by atomic mass is 15.0. The molecule has 0 aromatic heterocycles. The molecule has 1 aromatic carbocycles. The average molecular weight is 202 g/mol. The van der Waals surface area contributed by atoms with E-state index in [-0.39, 0.29) is 0 Å². The molecular formula is C13H18N2. The number of benzene rings is 1. The van der Waals surface area contributed by atoms with Crippen LogP contribution in [0.1, 0.15) is 18.4 Å². The number of piperidine rings is 1. The van der Waals surface area contributed by atoms with Gasteiger partial charge in [0.1, 0.15) is 0 Å². The van der Waals surface area contributed by atoms with Gasteiger partial charge in [-0.25, -0.2) is 0 Å². The minimum Gasteiger partial charge on any atom is -0.330 e. The molecule has 2 atom stereocenters. The van der Waals surface area contributed by atoms with E-state index in [1.54, 1.807) is 0 Å². The molecule has 0 radical (unpaired) electrons. The summed E-state index contributed by atoms with van der Waals surface area (Å²) in [4.78, 5) is 0. The van der Waals surface area contributed by atoms with Gasteiger partial charge in [-0.3, -0.25) is 0 Å². The molecule has 1 saturated carbocycles. The molecule has 1 aromatic rings. The second kappa shape index (κ2) is 3.06. The third kappa shape index (κ3) is 1.12. The lowest BCUT2D eigenvalue weighted by atomic mass is 9.81. The molecule has 0 bridgehead atoms. The van der Waals surface area contributed by atoms with Crippen LogP contribution in [-0.4, -0.2) is 19.6 Å². The third-order valence-corrected chi connectivity index (χ3v) is 4.44. The molecule has 3 rings (SSSR count). The fraction of sp³-hybridized carbons (Fsp3) is 0.538. The number of nitrogens with one attached hydrogen (secondary N) is 1. The molecule has 2 nitrogen and oxygen atoms in total. The van der Waals surface area contributed by atoms with Crippen LogP contribution in [0, 0.1) is 5.41 Å². The quantitative estimate of drug-likeness (QED) is 0.758. The summed E-state index contributed by atoms with van der Waals surface area (Å²) >= 11 is 0. The second-order valence-corrected chi connectivity index (χ2v) is 5.04. The molecule has 1 aliphatic carbocycles. The van der Waals surface area contributed by atoms with Gasteiger partial charge in [0.15, 0.2) is 0 Å². The number of nitrogens with two attached hydrogens (primary N) is 1. The summed E-state index contributed by atoms with van der Waals surface area (Å²) in [5.74, 6) is 0. The monoisotopic (exact) mass is 202 g/mol. The van der Waals surface area contributed by atoms with Crippen LogP contribution in [0.25, 0.3) is 0 Å². The molecule has 2 aliphatic rings. The lowest BCUT2D eigenvalue weighted by Crippen LogP contribution is -2.42. The summed E-state index contributed by atoms with van der Waals surface area (Å²) in [7, 11) is 0. The van der Waals surface area contributed by atoms with Gasteiger partial charge in [0, 0.05) is 23.9 Å². The Morgan fingerprint density at radius 3 is 2.80 bits per heavy atom. The predicted molar refractivity (Wildman–Crippen MR) is 61.7 cm³/mol. The Kier molecular flexibility index (Phi) is 1.91. The minimum atomic E-state index is 0.354. The van der Waals surface area contributed by atoms with Gasteiger partial charge in [-0.1, -0.05) is 30.3 Å². The zero-order chi connectivity index (χ0) is 10.4. The maximum absolute atomic E-state index is 5.96. The Bertz CT molecular complexity index is 362. The van der Waals surface area contributed by atoms with Gasteiger partial charge in [0.2, 0.25) is 0 Å². The lowest BCUT2D eigenvalue weighted by Gasteiger charge is -2.30.